The van der Waals surface area contributed by atoms with E-state index in [1.165, 1.54) is 17.1 Å². The lowest BCUT2D eigenvalue weighted by Crippen LogP contribution is -2.37. The molecule has 9 nitrogen and oxygen atoms in total. The zero-order valence-corrected chi connectivity index (χ0v) is 17.2. The topological polar surface area (TPSA) is 117 Å². The van der Waals surface area contributed by atoms with Crippen LogP contribution in [0, 0.1) is 11.6 Å². The van der Waals surface area contributed by atoms with E-state index in [-0.39, 0.29) is 48.2 Å². The Balaban J connectivity index is 1.60. The number of carbonyl (C=O) groups excluding carboxylic acids is 1. The number of benzene rings is 1. The number of nitrogens with one attached hydrogen (secondary N) is 3. The molecule has 1 amide bonds. The molecule has 3 aromatic rings. The Morgan fingerprint density at radius 1 is 1.35 bits per heavy atom. The van der Waals surface area contributed by atoms with Crippen molar-refractivity contribution in [3.63, 3.8) is 0 Å². The van der Waals surface area contributed by atoms with E-state index in [2.05, 4.69) is 31.0 Å². The number of aliphatic hydroxyl groups excluding tert-OH is 1. The smallest absolute Gasteiger partial charge is 0.242 e. The van der Waals surface area contributed by atoms with Crippen molar-refractivity contribution in [3.05, 3.63) is 59.0 Å². The summed E-state index contributed by atoms with van der Waals surface area (Å²) in [5.74, 6) is -1.16. The molecule has 2 heterocycles. The van der Waals surface area contributed by atoms with Crippen LogP contribution >= 0.6 is 11.6 Å². The number of aromatic nitrogens is 4. The molecule has 0 aliphatic heterocycles. The lowest BCUT2D eigenvalue weighted by atomic mass is 10.2. The predicted octanol–water partition coefficient (Wildman–Crippen LogP) is 2.46. The normalized spacial score (nSPS) is 11.8. The van der Waals surface area contributed by atoms with Gasteiger partial charge >= 0.3 is 0 Å². The lowest BCUT2D eigenvalue weighted by Gasteiger charge is -2.10. The average Bonchev–Trinajstić information content (AvgIpc) is 3.13. The zero-order chi connectivity index (χ0) is 22.4. The molecule has 0 bridgehead atoms. The molecule has 2 aromatic heterocycles. The van der Waals surface area contributed by atoms with Gasteiger partial charge in [0, 0.05) is 36.6 Å². The molecular weight excluding hydrogens is 432 g/mol. The Labute approximate surface area is 181 Å². The summed E-state index contributed by atoms with van der Waals surface area (Å²) in [4.78, 5) is 20.2. The Hall–Kier alpha value is -3.31. The molecule has 1 aromatic carbocycles. The zero-order valence-electron chi connectivity index (χ0n) is 16.4. The van der Waals surface area contributed by atoms with Crippen molar-refractivity contribution in [2.45, 2.75) is 26.1 Å². The molecular formula is C19H20ClF2N7O2. The minimum Gasteiger partial charge on any atom is -0.394 e. The van der Waals surface area contributed by atoms with Crippen LogP contribution in [-0.4, -0.2) is 43.4 Å². The fourth-order valence-electron chi connectivity index (χ4n) is 2.59. The molecule has 0 saturated carbocycles. The van der Waals surface area contributed by atoms with Gasteiger partial charge in [-0.25, -0.2) is 13.8 Å². The maximum absolute atomic E-state index is 13.9. The number of hydrogen-bond acceptors (Lipinski definition) is 7. The standard InChI is InChI=1S/C19H20ClF2N7O2/c1-11(10-30)26-18(31)9-29-8-13(6-25-29)27-19-23-3-2-17(28-19)24-7-14-15(20)4-12(21)5-16(14)22/h2-6,8,11,30H,7,9-10H2,1H3,(H,26,31)(H2,23,24,27,28). The van der Waals surface area contributed by atoms with Gasteiger partial charge in [-0.15, -0.1) is 0 Å². The van der Waals surface area contributed by atoms with Crippen LogP contribution in [0.1, 0.15) is 12.5 Å². The highest BCUT2D eigenvalue weighted by atomic mass is 35.5. The fraction of sp³-hybridized carbons (Fsp3) is 0.263. The van der Waals surface area contributed by atoms with Crippen LogP contribution in [0.4, 0.5) is 26.2 Å². The monoisotopic (exact) mass is 451 g/mol. The second kappa shape index (κ2) is 10.1. The van der Waals surface area contributed by atoms with Gasteiger partial charge in [-0.05, 0) is 19.1 Å². The van der Waals surface area contributed by atoms with E-state index >= 15 is 0 Å². The van der Waals surface area contributed by atoms with Crippen molar-refractivity contribution >= 4 is 35.0 Å². The summed E-state index contributed by atoms with van der Waals surface area (Å²) in [7, 11) is 0. The molecule has 31 heavy (non-hydrogen) atoms. The van der Waals surface area contributed by atoms with Crippen LogP contribution in [0.25, 0.3) is 0 Å². The Morgan fingerprint density at radius 2 is 2.16 bits per heavy atom. The number of amides is 1. The van der Waals surface area contributed by atoms with Crippen LogP contribution < -0.4 is 16.0 Å². The summed E-state index contributed by atoms with van der Waals surface area (Å²) < 4.78 is 28.5. The SMILES string of the molecule is CC(CO)NC(=O)Cn1cc(Nc2nccc(NCc3c(F)cc(F)cc3Cl)n2)cn1. The van der Waals surface area contributed by atoms with Gasteiger partial charge < -0.3 is 21.1 Å². The summed E-state index contributed by atoms with van der Waals surface area (Å²) in [5.41, 5.74) is 0.666. The van der Waals surface area contributed by atoms with Crippen molar-refractivity contribution in [3.8, 4) is 0 Å². The van der Waals surface area contributed by atoms with Gasteiger partial charge in [0.05, 0.1) is 23.5 Å². The van der Waals surface area contributed by atoms with Crippen LogP contribution in [0.15, 0.2) is 36.8 Å². The van der Waals surface area contributed by atoms with Crippen LogP contribution in [0.5, 0.6) is 0 Å². The summed E-state index contributed by atoms with van der Waals surface area (Å²) >= 11 is 5.90. The molecule has 0 spiro atoms. The van der Waals surface area contributed by atoms with Crippen LogP contribution in [0.2, 0.25) is 5.02 Å². The number of halogens is 3. The van der Waals surface area contributed by atoms with E-state index in [0.717, 1.165) is 12.1 Å². The molecule has 0 aliphatic rings. The summed E-state index contributed by atoms with van der Waals surface area (Å²) in [6, 6.07) is 3.04. The second-order valence-corrected chi connectivity index (χ2v) is 7.08. The van der Waals surface area contributed by atoms with Crippen molar-refractivity contribution < 1.29 is 18.7 Å². The predicted molar refractivity (Wildman–Crippen MR) is 111 cm³/mol. The largest absolute Gasteiger partial charge is 0.394 e. The van der Waals surface area contributed by atoms with Crippen LogP contribution in [0.3, 0.4) is 0 Å². The molecule has 0 radical (unpaired) electrons. The maximum Gasteiger partial charge on any atom is 0.242 e. The molecule has 0 fully saturated rings. The minimum atomic E-state index is -0.755. The first-order valence-corrected chi connectivity index (χ1v) is 9.62. The van der Waals surface area contributed by atoms with Gasteiger partial charge in [0.2, 0.25) is 11.9 Å². The number of hydrogen-bond donors (Lipinski definition) is 4. The molecule has 0 saturated heterocycles. The van der Waals surface area contributed by atoms with Crippen LogP contribution in [-0.2, 0) is 17.9 Å². The van der Waals surface area contributed by atoms with Crippen molar-refractivity contribution in [1.82, 2.24) is 25.1 Å². The minimum absolute atomic E-state index is 0.000701. The molecule has 0 aliphatic carbocycles. The Kier molecular flexibility index (Phi) is 7.32. The third-order valence-corrected chi connectivity index (χ3v) is 4.42. The van der Waals surface area contributed by atoms with Crippen molar-refractivity contribution in [1.29, 1.82) is 0 Å². The van der Waals surface area contributed by atoms with E-state index in [0.29, 0.717) is 11.5 Å². The van der Waals surface area contributed by atoms with Gasteiger partial charge in [0.25, 0.3) is 0 Å². The highest BCUT2D eigenvalue weighted by Crippen LogP contribution is 2.22. The summed E-state index contributed by atoms with van der Waals surface area (Å²) in [6.07, 6.45) is 4.59. The lowest BCUT2D eigenvalue weighted by molar-refractivity contribution is -0.122. The number of carbonyl (C=O) groups is 1. The molecule has 1 unspecified atom stereocenters. The fourth-order valence-corrected chi connectivity index (χ4v) is 2.86. The van der Waals surface area contributed by atoms with Gasteiger partial charge in [0.15, 0.2) is 0 Å². The Bertz CT molecular complexity index is 1040. The van der Waals surface area contributed by atoms with Gasteiger partial charge in [-0.3, -0.25) is 9.48 Å². The van der Waals surface area contributed by atoms with E-state index in [1.54, 1.807) is 19.2 Å². The number of anilines is 3. The highest BCUT2D eigenvalue weighted by Gasteiger charge is 2.11. The van der Waals surface area contributed by atoms with Crippen molar-refractivity contribution in [2.24, 2.45) is 0 Å². The first kappa shape index (κ1) is 22.4. The summed E-state index contributed by atoms with van der Waals surface area (Å²) in [6.45, 7) is 1.52. The second-order valence-electron chi connectivity index (χ2n) is 6.67. The average molecular weight is 452 g/mol. The molecule has 4 N–H and O–H groups in total. The Morgan fingerprint density at radius 3 is 2.90 bits per heavy atom. The first-order valence-electron chi connectivity index (χ1n) is 9.24. The number of rotatable bonds is 9. The van der Waals surface area contributed by atoms with E-state index in [4.69, 9.17) is 16.7 Å². The third-order valence-electron chi connectivity index (χ3n) is 4.08. The quantitative estimate of drug-likeness (QED) is 0.395. The highest BCUT2D eigenvalue weighted by molar-refractivity contribution is 6.31. The van der Waals surface area contributed by atoms with E-state index in [1.807, 2.05) is 0 Å². The summed E-state index contributed by atoms with van der Waals surface area (Å²) in [5, 5.41) is 21.5. The van der Waals surface area contributed by atoms with Crippen molar-refractivity contribution in [2.75, 3.05) is 17.2 Å². The van der Waals surface area contributed by atoms with E-state index in [9.17, 15) is 13.6 Å². The maximum atomic E-state index is 13.9. The van der Waals surface area contributed by atoms with E-state index < -0.39 is 11.6 Å². The number of aliphatic hydroxyl groups is 1. The third kappa shape index (κ3) is 6.33. The molecule has 3 rings (SSSR count). The molecule has 164 valence electrons. The molecule has 1 atom stereocenters. The number of nitrogens with zero attached hydrogens (tertiary/aromatic N) is 4. The van der Waals surface area contributed by atoms with Gasteiger partial charge in [-0.1, -0.05) is 11.6 Å². The van der Waals surface area contributed by atoms with Gasteiger partial charge in [0.1, 0.15) is 24.0 Å². The molecule has 12 heteroatoms. The van der Waals surface area contributed by atoms with Gasteiger partial charge in [-0.2, -0.15) is 10.1 Å². The first-order chi connectivity index (χ1) is 14.8.